The molecule has 0 aromatic carbocycles. The van der Waals surface area contributed by atoms with Crippen LogP contribution in [0, 0.1) is 5.92 Å². The molecule has 1 heterocycles. The predicted octanol–water partition coefficient (Wildman–Crippen LogP) is 1.31. The Morgan fingerprint density at radius 3 is 3.00 bits per heavy atom. The van der Waals surface area contributed by atoms with Crippen LogP contribution in [0.25, 0.3) is 0 Å². The molecule has 1 aliphatic carbocycles. The summed E-state index contributed by atoms with van der Waals surface area (Å²) < 4.78 is 5.10. The van der Waals surface area contributed by atoms with Crippen LogP contribution in [-0.4, -0.2) is 23.7 Å². The van der Waals surface area contributed by atoms with Gasteiger partial charge in [0, 0.05) is 18.7 Å². The highest BCUT2D eigenvalue weighted by Gasteiger charge is 2.21. The third-order valence-corrected chi connectivity index (χ3v) is 2.60. The summed E-state index contributed by atoms with van der Waals surface area (Å²) in [5, 5.41) is 9.88. The van der Waals surface area contributed by atoms with Gasteiger partial charge in [0.2, 0.25) is 0 Å². The van der Waals surface area contributed by atoms with E-state index in [1.165, 1.54) is 12.8 Å². The summed E-state index contributed by atoms with van der Waals surface area (Å²) in [6, 6.07) is 2.32. The van der Waals surface area contributed by atoms with Crippen LogP contribution in [0.5, 0.6) is 0 Å². The lowest BCUT2D eigenvalue weighted by molar-refractivity contribution is 0.0940. The van der Waals surface area contributed by atoms with Gasteiger partial charge >= 0.3 is 0 Å². The van der Waals surface area contributed by atoms with E-state index >= 15 is 0 Å². The van der Waals surface area contributed by atoms with Gasteiger partial charge in [-0.05, 0) is 18.8 Å². The molecular formula is C12H19N3O2. The maximum atomic E-state index is 11.7. The molecule has 1 saturated carbocycles. The Kier molecular flexibility index (Phi) is 3.78. The van der Waals surface area contributed by atoms with E-state index in [1.807, 2.05) is 13.8 Å². The summed E-state index contributed by atoms with van der Waals surface area (Å²) in [6.45, 7) is 5.40. The summed E-state index contributed by atoms with van der Waals surface area (Å²) in [7, 11) is 0. The minimum atomic E-state index is -0.167. The van der Waals surface area contributed by atoms with E-state index < -0.39 is 0 Å². The topological polar surface area (TPSA) is 67.2 Å². The molecule has 5 nitrogen and oxygen atoms in total. The second kappa shape index (κ2) is 5.31. The molecule has 0 spiro atoms. The van der Waals surface area contributed by atoms with Gasteiger partial charge in [0.1, 0.15) is 0 Å². The fourth-order valence-corrected chi connectivity index (χ4v) is 1.42. The van der Waals surface area contributed by atoms with Crippen molar-refractivity contribution >= 4 is 5.91 Å². The Bertz CT molecular complexity index is 383. The fourth-order valence-electron chi connectivity index (χ4n) is 1.42. The molecule has 1 amide bonds. The Hall–Kier alpha value is -1.36. The lowest BCUT2D eigenvalue weighted by Crippen LogP contribution is -2.27. The molecule has 94 valence electrons. The quantitative estimate of drug-likeness (QED) is 0.783. The zero-order chi connectivity index (χ0) is 12.3. The van der Waals surface area contributed by atoms with Gasteiger partial charge in [-0.2, -0.15) is 0 Å². The van der Waals surface area contributed by atoms with Crippen molar-refractivity contribution in [3.05, 3.63) is 17.5 Å². The van der Waals surface area contributed by atoms with Crippen LogP contribution in [0.3, 0.4) is 0 Å². The van der Waals surface area contributed by atoms with Gasteiger partial charge in [-0.15, -0.1) is 0 Å². The monoisotopic (exact) mass is 237 g/mol. The molecule has 1 aliphatic rings. The summed E-state index contributed by atoms with van der Waals surface area (Å²) in [6.07, 6.45) is 2.46. The van der Waals surface area contributed by atoms with Crippen LogP contribution in [0.2, 0.25) is 0 Å². The molecule has 0 aliphatic heterocycles. The molecule has 0 unspecified atom stereocenters. The van der Waals surface area contributed by atoms with E-state index in [9.17, 15) is 4.79 Å². The third-order valence-electron chi connectivity index (χ3n) is 2.60. The number of rotatable bonds is 6. The van der Waals surface area contributed by atoms with Gasteiger partial charge in [-0.3, -0.25) is 4.79 Å². The van der Waals surface area contributed by atoms with E-state index in [2.05, 4.69) is 15.8 Å². The summed E-state index contributed by atoms with van der Waals surface area (Å²) in [5.41, 5.74) is 0.359. The highest BCUT2D eigenvalue weighted by atomic mass is 16.5. The van der Waals surface area contributed by atoms with Crippen molar-refractivity contribution in [2.45, 2.75) is 39.3 Å². The Morgan fingerprint density at radius 1 is 1.59 bits per heavy atom. The second-order valence-electron chi connectivity index (χ2n) is 4.94. The van der Waals surface area contributed by atoms with E-state index in [1.54, 1.807) is 6.07 Å². The molecule has 0 saturated heterocycles. The number of nitrogens with one attached hydrogen (secondary N) is 2. The first kappa shape index (κ1) is 12.1. The summed E-state index contributed by atoms with van der Waals surface area (Å²) in [4.78, 5) is 11.7. The van der Waals surface area contributed by atoms with E-state index in [-0.39, 0.29) is 5.91 Å². The smallest absolute Gasteiger partial charge is 0.273 e. The number of aromatic nitrogens is 1. The van der Waals surface area contributed by atoms with Crippen molar-refractivity contribution in [3.63, 3.8) is 0 Å². The second-order valence-corrected chi connectivity index (χ2v) is 4.94. The van der Waals surface area contributed by atoms with Gasteiger partial charge in [-0.1, -0.05) is 19.0 Å². The van der Waals surface area contributed by atoms with Crippen molar-refractivity contribution < 1.29 is 9.32 Å². The predicted molar refractivity (Wildman–Crippen MR) is 63.5 cm³/mol. The van der Waals surface area contributed by atoms with Crippen LogP contribution in [0.1, 0.15) is 42.9 Å². The van der Waals surface area contributed by atoms with Crippen molar-refractivity contribution in [2.75, 3.05) is 6.54 Å². The average Bonchev–Trinajstić information content (AvgIpc) is 3.00. The molecule has 0 atom stereocenters. The van der Waals surface area contributed by atoms with Crippen LogP contribution < -0.4 is 10.6 Å². The van der Waals surface area contributed by atoms with E-state index in [0.717, 1.165) is 0 Å². The van der Waals surface area contributed by atoms with Crippen molar-refractivity contribution in [2.24, 2.45) is 5.92 Å². The van der Waals surface area contributed by atoms with Gasteiger partial charge in [0.05, 0.1) is 6.54 Å². The van der Waals surface area contributed by atoms with Crippen molar-refractivity contribution in [1.29, 1.82) is 0 Å². The zero-order valence-electron chi connectivity index (χ0n) is 10.3. The maximum absolute atomic E-state index is 11.7. The molecule has 2 N–H and O–H groups in total. The minimum Gasteiger partial charge on any atom is -0.359 e. The fraction of sp³-hybridized carbons (Fsp3) is 0.667. The van der Waals surface area contributed by atoms with Crippen LogP contribution in [0.15, 0.2) is 10.6 Å². The Morgan fingerprint density at radius 2 is 2.35 bits per heavy atom. The van der Waals surface area contributed by atoms with Crippen LogP contribution in [0.4, 0.5) is 0 Å². The van der Waals surface area contributed by atoms with Crippen molar-refractivity contribution in [1.82, 2.24) is 15.8 Å². The molecule has 0 radical (unpaired) electrons. The Balaban J connectivity index is 1.81. The number of hydrogen-bond acceptors (Lipinski definition) is 4. The molecule has 1 aromatic heterocycles. The number of carbonyl (C=O) groups excluding carboxylic acids is 1. The number of nitrogens with zero attached hydrogens (tertiary/aromatic N) is 1. The highest BCUT2D eigenvalue weighted by Crippen LogP contribution is 2.19. The van der Waals surface area contributed by atoms with Gasteiger partial charge in [0.15, 0.2) is 11.5 Å². The van der Waals surface area contributed by atoms with Crippen molar-refractivity contribution in [3.8, 4) is 0 Å². The van der Waals surface area contributed by atoms with Gasteiger partial charge < -0.3 is 15.2 Å². The summed E-state index contributed by atoms with van der Waals surface area (Å²) in [5.74, 6) is 0.980. The van der Waals surface area contributed by atoms with E-state index in [4.69, 9.17) is 4.52 Å². The first-order valence-corrected chi connectivity index (χ1v) is 6.12. The number of hydrogen-bond donors (Lipinski definition) is 2. The molecule has 2 rings (SSSR count). The normalized spacial score (nSPS) is 15.2. The van der Waals surface area contributed by atoms with Crippen LogP contribution >= 0.6 is 0 Å². The lowest BCUT2D eigenvalue weighted by atomic mass is 10.2. The van der Waals surface area contributed by atoms with E-state index in [0.29, 0.717) is 36.5 Å². The first-order valence-electron chi connectivity index (χ1n) is 6.12. The number of amides is 1. The van der Waals surface area contributed by atoms with Crippen LogP contribution in [-0.2, 0) is 6.54 Å². The number of carbonyl (C=O) groups is 1. The minimum absolute atomic E-state index is 0.167. The largest absolute Gasteiger partial charge is 0.359 e. The molecule has 1 aromatic rings. The molecule has 17 heavy (non-hydrogen) atoms. The first-order chi connectivity index (χ1) is 8.15. The highest BCUT2D eigenvalue weighted by molar-refractivity contribution is 5.92. The SMILES string of the molecule is CC(C)CNC(=O)c1cc(CNC2CC2)on1. The molecule has 0 bridgehead atoms. The molecule has 1 fully saturated rings. The standard InChI is InChI=1S/C12H19N3O2/c1-8(2)6-14-12(16)11-5-10(17-15-11)7-13-9-3-4-9/h5,8-9,13H,3-4,6-7H2,1-2H3,(H,14,16). The summed E-state index contributed by atoms with van der Waals surface area (Å²) >= 11 is 0. The maximum Gasteiger partial charge on any atom is 0.273 e. The molecule has 5 heteroatoms. The lowest BCUT2D eigenvalue weighted by Gasteiger charge is -2.04. The van der Waals surface area contributed by atoms with Gasteiger partial charge in [-0.25, -0.2) is 0 Å². The molecular weight excluding hydrogens is 218 g/mol. The zero-order valence-corrected chi connectivity index (χ0v) is 10.3. The third kappa shape index (κ3) is 3.85. The van der Waals surface area contributed by atoms with Gasteiger partial charge in [0.25, 0.3) is 5.91 Å². The average molecular weight is 237 g/mol. The Labute approximate surface area is 101 Å².